The lowest BCUT2D eigenvalue weighted by molar-refractivity contribution is -0.126. The molecule has 0 aromatic heterocycles. The highest BCUT2D eigenvalue weighted by molar-refractivity contribution is 5.86. The second-order valence-electron chi connectivity index (χ2n) is 10.4. The molecule has 1 amide bonds. The number of amides is 1. The van der Waals surface area contributed by atoms with Gasteiger partial charge in [0.05, 0.1) is 12.0 Å². The molecule has 0 aliphatic carbocycles. The average molecular weight is 502 g/mol. The van der Waals surface area contributed by atoms with Gasteiger partial charge in [-0.3, -0.25) is 4.79 Å². The quantitative estimate of drug-likeness (QED) is 0.514. The van der Waals surface area contributed by atoms with Gasteiger partial charge < -0.3 is 29.7 Å². The SMILES string of the molecule is O=C(NC(CN1CCCC1)C(O)c1ccc2c(c1)OCCO2)C1CCN(c2ccc3ccccc3c2)C1. The lowest BCUT2D eigenvalue weighted by Gasteiger charge is -2.30. The fourth-order valence-corrected chi connectivity index (χ4v) is 5.83. The molecule has 3 atom stereocenters. The summed E-state index contributed by atoms with van der Waals surface area (Å²) in [5, 5.41) is 17.1. The van der Waals surface area contributed by atoms with Crippen molar-refractivity contribution in [1.82, 2.24) is 10.2 Å². The van der Waals surface area contributed by atoms with Crippen LogP contribution in [0, 0.1) is 5.92 Å². The maximum absolute atomic E-state index is 13.5. The van der Waals surface area contributed by atoms with E-state index in [9.17, 15) is 9.90 Å². The van der Waals surface area contributed by atoms with Crippen LogP contribution in [-0.2, 0) is 4.79 Å². The molecule has 6 rings (SSSR count). The molecule has 3 aliphatic heterocycles. The van der Waals surface area contributed by atoms with Crippen molar-refractivity contribution in [2.24, 2.45) is 5.92 Å². The summed E-state index contributed by atoms with van der Waals surface area (Å²) in [6, 6.07) is 20.0. The molecule has 37 heavy (non-hydrogen) atoms. The molecule has 0 spiro atoms. The lowest BCUT2D eigenvalue weighted by atomic mass is 9.99. The zero-order valence-corrected chi connectivity index (χ0v) is 21.1. The minimum Gasteiger partial charge on any atom is -0.486 e. The van der Waals surface area contributed by atoms with Gasteiger partial charge in [0.1, 0.15) is 19.3 Å². The number of nitrogens with one attached hydrogen (secondary N) is 1. The van der Waals surface area contributed by atoms with Gasteiger partial charge in [0.15, 0.2) is 11.5 Å². The highest BCUT2D eigenvalue weighted by Gasteiger charge is 2.33. The standard InChI is InChI=1S/C30H35N3O4/c34-29(23-8-10-27-28(18-23)37-16-15-36-27)26(20-32-12-3-4-13-32)31-30(35)24-11-14-33(19-24)25-9-7-21-5-1-2-6-22(21)17-25/h1-2,5-10,17-18,24,26,29,34H,3-4,11-16,19-20H2,(H,31,35). The summed E-state index contributed by atoms with van der Waals surface area (Å²) in [6.45, 7) is 5.18. The Labute approximate surface area is 218 Å². The number of ether oxygens (including phenoxy) is 2. The number of rotatable bonds is 7. The molecule has 2 N–H and O–H groups in total. The van der Waals surface area contributed by atoms with Crippen LogP contribution in [0.3, 0.4) is 0 Å². The monoisotopic (exact) mass is 501 g/mol. The van der Waals surface area contributed by atoms with Gasteiger partial charge in [-0.05, 0) is 73.0 Å². The lowest BCUT2D eigenvalue weighted by Crippen LogP contribution is -2.48. The number of anilines is 1. The third-order valence-electron chi connectivity index (χ3n) is 7.93. The van der Waals surface area contributed by atoms with Crippen LogP contribution in [0.4, 0.5) is 5.69 Å². The van der Waals surface area contributed by atoms with Crippen molar-refractivity contribution in [3.8, 4) is 11.5 Å². The van der Waals surface area contributed by atoms with Crippen molar-refractivity contribution in [3.63, 3.8) is 0 Å². The summed E-state index contributed by atoms with van der Waals surface area (Å²) in [5.41, 5.74) is 1.89. The fourth-order valence-electron chi connectivity index (χ4n) is 5.83. The van der Waals surface area contributed by atoms with Gasteiger partial charge in [0.25, 0.3) is 0 Å². The Morgan fingerprint density at radius 1 is 0.946 bits per heavy atom. The Morgan fingerprint density at radius 3 is 2.57 bits per heavy atom. The zero-order chi connectivity index (χ0) is 25.2. The van der Waals surface area contributed by atoms with Gasteiger partial charge in [-0.2, -0.15) is 0 Å². The molecule has 3 aliphatic rings. The number of hydrogen-bond acceptors (Lipinski definition) is 6. The molecular weight excluding hydrogens is 466 g/mol. The summed E-state index contributed by atoms with van der Waals surface area (Å²) in [5.74, 6) is 1.25. The van der Waals surface area contributed by atoms with Gasteiger partial charge in [-0.1, -0.05) is 36.4 Å². The summed E-state index contributed by atoms with van der Waals surface area (Å²) < 4.78 is 11.4. The minimum absolute atomic E-state index is 0.0177. The van der Waals surface area contributed by atoms with Crippen molar-refractivity contribution >= 4 is 22.4 Å². The second-order valence-corrected chi connectivity index (χ2v) is 10.4. The van der Waals surface area contributed by atoms with Crippen LogP contribution in [0.15, 0.2) is 60.7 Å². The van der Waals surface area contributed by atoms with Crippen molar-refractivity contribution in [2.45, 2.75) is 31.4 Å². The molecule has 7 nitrogen and oxygen atoms in total. The van der Waals surface area contributed by atoms with E-state index in [2.05, 4.69) is 57.6 Å². The molecule has 0 saturated carbocycles. The molecule has 0 bridgehead atoms. The first-order valence-electron chi connectivity index (χ1n) is 13.5. The van der Waals surface area contributed by atoms with Crippen LogP contribution < -0.4 is 19.7 Å². The first-order chi connectivity index (χ1) is 18.1. The van der Waals surface area contributed by atoms with Crippen LogP contribution >= 0.6 is 0 Å². The number of likely N-dealkylation sites (tertiary alicyclic amines) is 1. The van der Waals surface area contributed by atoms with Crippen LogP contribution in [-0.4, -0.2) is 67.9 Å². The van der Waals surface area contributed by atoms with Crippen molar-refractivity contribution in [2.75, 3.05) is 50.8 Å². The summed E-state index contributed by atoms with van der Waals surface area (Å²) in [6.07, 6.45) is 2.28. The van der Waals surface area contributed by atoms with E-state index in [0.717, 1.165) is 50.1 Å². The normalized spacial score (nSPS) is 21.2. The minimum atomic E-state index is -0.835. The van der Waals surface area contributed by atoms with E-state index in [4.69, 9.17) is 9.47 Å². The first kappa shape index (κ1) is 24.1. The van der Waals surface area contributed by atoms with Gasteiger partial charge in [0.2, 0.25) is 5.91 Å². The van der Waals surface area contributed by atoms with Crippen LogP contribution in [0.1, 0.15) is 30.9 Å². The van der Waals surface area contributed by atoms with E-state index in [0.29, 0.717) is 37.8 Å². The van der Waals surface area contributed by atoms with E-state index >= 15 is 0 Å². The Bertz CT molecular complexity index is 1260. The molecule has 7 heteroatoms. The van der Waals surface area contributed by atoms with E-state index < -0.39 is 12.1 Å². The number of aliphatic hydroxyl groups is 1. The van der Waals surface area contributed by atoms with Gasteiger partial charge >= 0.3 is 0 Å². The Morgan fingerprint density at radius 2 is 1.73 bits per heavy atom. The average Bonchev–Trinajstić information content (AvgIpc) is 3.64. The fraction of sp³-hybridized carbons (Fsp3) is 0.433. The van der Waals surface area contributed by atoms with Gasteiger partial charge in [0, 0.05) is 25.3 Å². The number of carbonyl (C=O) groups excluding carboxylic acids is 1. The van der Waals surface area contributed by atoms with Gasteiger partial charge in [-0.15, -0.1) is 0 Å². The van der Waals surface area contributed by atoms with E-state index in [1.807, 2.05) is 18.2 Å². The zero-order valence-electron chi connectivity index (χ0n) is 21.1. The number of fused-ring (bicyclic) bond motifs is 2. The molecule has 3 aromatic rings. The third kappa shape index (κ3) is 5.24. The predicted molar refractivity (Wildman–Crippen MR) is 144 cm³/mol. The molecule has 2 fully saturated rings. The largest absolute Gasteiger partial charge is 0.486 e. The van der Waals surface area contributed by atoms with Crippen LogP contribution in [0.5, 0.6) is 11.5 Å². The molecule has 3 aromatic carbocycles. The topological polar surface area (TPSA) is 74.3 Å². The number of carbonyl (C=O) groups is 1. The van der Waals surface area contributed by atoms with Crippen molar-refractivity contribution < 1.29 is 19.4 Å². The molecule has 3 unspecified atom stereocenters. The maximum Gasteiger partial charge on any atom is 0.225 e. The highest BCUT2D eigenvalue weighted by atomic mass is 16.6. The van der Waals surface area contributed by atoms with E-state index in [-0.39, 0.29) is 11.8 Å². The predicted octanol–water partition coefficient (Wildman–Crippen LogP) is 3.75. The number of benzene rings is 3. The van der Waals surface area contributed by atoms with Crippen LogP contribution in [0.25, 0.3) is 10.8 Å². The molecule has 3 heterocycles. The Kier molecular flexibility index (Phi) is 6.89. The molecule has 2 saturated heterocycles. The Balaban J connectivity index is 1.15. The summed E-state index contributed by atoms with van der Waals surface area (Å²) in [7, 11) is 0. The highest BCUT2D eigenvalue weighted by Crippen LogP contribution is 2.34. The summed E-state index contributed by atoms with van der Waals surface area (Å²) >= 11 is 0. The number of aliphatic hydroxyl groups excluding tert-OH is 1. The van der Waals surface area contributed by atoms with E-state index in [1.54, 1.807) is 0 Å². The van der Waals surface area contributed by atoms with Crippen molar-refractivity contribution in [1.29, 1.82) is 0 Å². The molecular formula is C30H35N3O4. The molecule has 194 valence electrons. The molecule has 0 radical (unpaired) electrons. The number of hydrogen-bond donors (Lipinski definition) is 2. The smallest absolute Gasteiger partial charge is 0.225 e. The number of nitrogens with zero attached hydrogens (tertiary/aromatic N) is 2. The van der Waals surface area contributed by atoms with Crippen LogP contribution in [0.2, 0.25) is 0 Å². The van der Waals surface area contributed by atoms with Crippen molar-refractivity contribution in [3.05, 3.63) is 66.2 Å². The first-order valence-corrected chi connectivity index (χ1v) is 13.5. The second kappa shape index (κ2) is 10.6. The Hall–Kier alpha value is -3.29. The van der Waals surface area contributed by atoms with Gasteiger partial charge in [-0.25, -0.2) is 0 Å². The van der Waals surface area contributed by atoms with E-state index in [1.165, 1.54) is 10.8 Å². The third-order valence-corrected chi connectivity index (χ3v) is 7.93. The summed E-state index contributed by atoms with van der Waals surface area (Å²) in [4.78, 5) is 18.1. The maximum atomic E-state index is 13.5.